The van der Waals surface area contributed by atoms with Crippen LogP contribution in [0.2, 0.25) is 5.28 Å². The van der Waals surface area contributed by atoms with Gasteiger partial charge in [-0.05, 0) is 23.7 Å². The molecule has 0 radical (unpaired) electrons. The summed E-state index contributed by atoms with van der Waals surface area (Å²) in [6.45, 7) is 0.132. The van der Waals surface area contributed by atoms with Crippen LogP contribution in [0.15, 0.2) is 24.3 Å². The van der Waals surface area contributed by atoms with Crippen LogP contribution in [-0.4, -0.2) is 28.3 Å². The number of ether oxygens (including phenoxy) is 1. The van der Waals surface area contributed by atoms with Gasteiger partial charge in [-0.1, -0.05) is 12.1 Å². The first-order valence-electron chi connectivity index (χ1n) is 4.47. The van der Waals surface area contributed by atoms with E-state index in [0.717, 1.165) is 10.9 Å². The zero-order valence-corrected chi connectivity index (χ0v) is 8.61. The molecule has 4 nitrogen and oxygen atoms in total. The zero-order valence-electron chi connectivity index (χ0n) is 7.85. The quantitative estimate of drug-likeness (QED) is 0.806. The molecule has 5 heteroatoms. The van der Waals surface area contributed by atoms with Crippen molar-refractivity contribution in [2.45, 2.75) is 0 Å². The van der Waals surface area contributed by atoms with E-state index in [1.54, 1.807) is 0 Å². The van der Waals surface area contributed by atoms with Gasteiger partial charge in [-0.25, -0.2) is 4.98 Å². The third-order valence-electron chi connectivity index (χ3n) is 1.87. The predicted molar refractivity (Wildman–Crippen MR) is 57.1 cm³/mol. The molecule has 0 amide bonds. The highest BCUT2D eigenvalue weighted by molar-refractivity contribution is 6.28. The first kappa shape index (κ1) is 10.1. The molecule has 1 heterocycles. The Morgan fingerprint density at radius 1 is 1.27 bits per heavy atom. The monoisotopic (exact) mass is 224 g/mol. The average molecular weight is 225 g/mol. The van der Waals surface area contributed by atoms with Crippen LogP contribution in [0.3, 0.4) is 0 Å². The van der Waals surface area contributed by atoms with Crippen LogP contribution in [0.5, 0.6) is 5.88 Å². The molecular formula is C10H9ClN2O2. The van der Waals surface area contributed by atoms with Crippen molar-refractivity contribution < 1.29 is 9.84 Å². The second-order valence-electron chi connectivity index (χ2n) is 2.89. The molecule has 0 aliphatic carbocycles. The number of rotatable bonds is 3. The lowest BCUT2D eigenvalue weighted by molar-refractivity contribution is 0.198. The highest BCUT2D eigenvalue weighted by Crippen LogP contribution is 2.23. The van der Waals surface area contributed by atoms with Crippen molar-refractivity contribution in [3.8, 4) is 5.88 Å². The summed E-state index contributed by atoms with van der Waals surface area (Å²) in [6.07, 6.45) is 0. The minimum absolute atomic E-state index is 0.0596. The van der Waals surface area contributed by atoms with Crippen LogP contribution in [0.4, 0.5) is 0 Å². The lowest BCUT2D eigenvalue weighted by Gasteiger charge is -2.06. The Balaban J connectivity index is 2.50. The number of aliphatic hydroxyl groups is 1. The van der Waals surface area contributed by atoms with Crippen molar-refractivity contribution in [3.05, 3.63) is 29.5 Å². The van der Waals surface area contributed by atoms with Gasteiger partial charge in [-0.2, -0.15) is 4.98 Å². The maximum absolute atomic E-state index is 8.67. The Hall–Kier alpha value is -1.39. The molecule has 1 aromatic carbocycles. The molecule has 0 bridgehead atoms. The van der Waals surface area contributed by atoms with Crippen molar-refractivity contribution in [3.63, 3.8) is 0 Å². The standard InChI is InChI=1S/C10H9ClN2O2/c11-10-12-8-4-2-1-3-7(8)9(13-10)15-6-5-14/h1-4,14H,5-6H2. The van der Waals surface area contributed by atoms with Gasteiger partial charge in [0, 0.05) is 0 Å². The second kappa shape index (κ2) is 4.42. The van der Waals surface area contributed by atoms with Gasteiger partial charge in [0.2, 0.25) is 11.2 Å². The van der Waals surface area contributed by atoms with E-state index in [2.05, 4.69) is 9.97 Å². The zero-order chi connectivity index (χ0) is 10.7. The molecule has 0 aliphatic rings. The molecule has 78 valence electrons. The van der Waals surface area contributed by atoms with Gasteiger partial charge in [-0.3, -0.25) is 0 Å². The Kier molecular flexibility index (Phi) is 2.99. The number of nitrogens with zero attached hydrogens (tertiary/aromatic N) is 2. The number of para-hydroxylation sites is 1. The number of benzene rings is 1. The molecule has 15 heavy (non-hydrogen) atoms. The van der Waals surface area contributed by atoms with Crippen molar-refractivity contribution in [2.24, 2.45) is 0 Å². The van der Waals surface area contributed by atoms with Gasteiger partial charge in [0.25, 0.3) is 0 Å². The molecule has 0 fully saturated rings. The van der Waals surface area contributed by atoms with Crippen LogP contribution in [0, 0.1) is 0 Å². The summed E-state index contributed by atoms with van der Waals surface area (Å²) in [5, 5.41) is 9.60. The normalized spacial score (nSPS) is 10.5. The number of hydrogen-bond acceptors (Lipinski definition) is 4. The molecule has 2 aromatic rings. The maximum Gasteiger partial charge on any atom is 0.226 e. The molecule has 0 unspecified atom stereocenters. The molecule has 1 aromatic heterocycles. The van der Waals surface area contributed by atoms with E-state index in [4.69, 9.17) is 21.4 Å². The summed E-state index contributed by atoms with van der Waals surface area (Å²) >= 11 is 5.74. The minimum atomic E-state index is -0.0596. The fourth-order valence-corrected chi connectivity index (χ4v) is 1.44. The topological polar surface area (TPSA) is 55.2 Å². The van der Waals surface area contributed by atoms with Crippen LogP contribution < -0.4 is 4.74 Å². The summed E-state index contributed by atoms with van der Waals surface area (Å²) in [5.74, 6) is 0.402. The minimum Gasteiger partial charge on any atom is -0.475 e. The van der Waals surface area contributed by atoms with Gasteiger partial charge >= 0.3 is 0 Å². The molecule has 0 atom stereocenters. The van der Waals surface area contributed by atoms with Crippen molar-refractivity contribution in [2.75, 3.05) is 13.2 Å². The maximum atomic E-state index is 8.67. The molecule has 0 spiro atoms. The Morgan fingerprint density at radius 2 is 2.07 bits per heavy atom. The number of hydrogen-bond donors (Lipinski definition) is 1. The van der Waals surface area contributed by atoms with Crippen molar-refractivity contribution in [1.29, 1.82) is 0 Å². The Morgan fingerprint density at radius 3 is 2.87 bits per heavy atom. The van der Waals surface area contributed by atoms with E-state index in [-0.39, 0.29) is 18.5 Å². The van der Waals surface area contributed by atoms with Gasteiger partial charge in [0.1, 0.15) is 6.61 Å². The molecule has 1 N–H and O–H groups in total. The van der Waals surface area contributed by atoms with Crippen LogP contribution in [0.1, 0.15) is 0 Å². The lowest BCUT2D eigenvalue weighted by atomic mass is 10.2. The first-order chi connectivity index (χ1) is 7.31. The summed E-state index contributed by atoms with van der Waals surface area (Å²) in [6, 6.07) is 7.40. The molecular weight excluding hydrogens is 216 g/mol. The van der Waals surface area contributed by atoms with Crippen molar-refractivity contribution in [1.82, 2.24) is 9.97 Å². The summed E-state index contributed by atoms with van der Waals surface area (Å²) in [4.78, 5) is 8.02. The van der Waals surface area contributed by atoms with Gasteiger partial charge in [0.05, 0.1) is 17.5 Å². The van der Waals surface area contributed by atoms with E-state index in [0.29, 0.717) is 5.88 Å². The van der Waals surface area contributed by atoms with Crippen molar-refractivity contribution >= 4 is 22.5 Å². The highest BCUT2D eigenvalue weighted by atomic mass is 35.5. The molecule has 2 rings (SSSR count). The van der Waals surface area contributed by atoms with E-state index in [9.17, 15) is 0 Å². The Bertz CT molecular complexity index is 476. The lowest BCUT2D eigenvalue weighted by Crippen LogP contribution is -2.04. The van der Waals surface area contributed by atoms with E-state index >= 15 is 0 Å². The fraction of sp³-hybridized carbons (Fsp3) is 0.200. The average Bonchev–Trinajstić information content (AvgIpc) is 2.25. The fourth-order valence-electron chi connectivity index (χ4n) is 1.27. The third-order valence-corrected chi connectivity index (χ3v) is 2.04. The first-order valence-corrected chi connectivity index (χ1v) is 4.85. The van der Waals surface area contributed by atoms with Gasteiger partial charge in [0.15, 0.2) is 0 Å². The third kappa shape index (κ3) is 2.16. The predicted octanol–water partition coefficient (Wildman–Crippen LogP) is 1.65. The summed E-state index contributed by atoms with van der Waals surface area (Å²) in [5.41, 5.74) is 0.727. The summed E-state index contributed by atoms with van der Waals surface area (Å²) < 4.78 is 5.26. The van der Waals surface area contributed by atoms with Crippen LogP contribution in [-0.2, 0) is 0 Å². The highest BCUT2D eigenvalue weighted by Gasteiger charge is 2.06. The molecule has 0 saturated carbocycles. The number of halogens is 1. The van der Waals surface area contributed by atoms with E-state index in [1.807, 2.05) is 24.3 Å². The SMILES string of the molecule is OCCOc1nc(Cl)nc2ccccc12. The smallest absolute Gasteiger partial charge is 0.226 e. The molecule has 0 aliphatic heterocycles. The van der Waals surface area contributed by atoms with Gasteiger partial charge < -0.3 is 9.84 Å². The summed E-state index contributed by atoms with van der Waals surface area (Å²) in [7, 11) is 0. The molecule has 0 saturated heterocycles. The van der Waals surface area contributed by atoms with Crippen LogP contribution in [0.25, 0.3) is 10.9 Å². The Labute approximate surface area is 91.5 Å². The second-order valence-corrected chi connectivity index (χ2v) is 3.23. The number of aliphatic hydroxyl groups excluding tert-OH is 1. The van der Waals surface area contributed by atoms with Gasteiger partial charge in [-0.15, -0.1) is 0 Å². The van der Waals surface area contributed by atoms with Crippen LogP contribution >= 0.6 is 11.6 Å². The number of fused-ring (bicyclic) bond motifs is 1. The van der Waals surface area contributed by atoms with E-state index < -0.39 is 0 Å². The largest absolute Gasteiger partial charge is 0.475 e. The van der Waals surface area contributed by atoms with E-state index in [1.165, 1.54) is 0 Å². The number of aromatic nitrogens is 2.